The molecule has 1 heterocycles. The number of nitrogens with one attached hydrogen (secondary N) is 2. The predicted molar refractivity (Wildman–Crippen MR) is 140 cm³/mol. The SMILES string of the molecule is CN(C)CCN(Cc1ccc(C(=O)Nc2cscc2N)cc1)C(=O)Nc1ccc2c(c1)CCC2. The highest BCUT2D eigenvalue weighted by Crippen LogP contribution is 2.25. The van der Waals surface area contributed by atoms with Crippen LogP contribution >= 0.6 is 11.3 Å². The summed E-state index contributed by atoms with van der Waals surface area (Å²) in [5, 5.41) is 9.49. The van der Waals surface area contributed by atoms with Gasteiger partial charge in [0.25, 0.3) is 5.91 Å². The third-order valence-electron chi connectivity index (χ3n) is 5.98. The van der Waals surface area contributed by atoms with Crippen molar-refractivity contribution in [2.75, 3.05) is 43.6 Å². The molecule has 34 heavy (non-hydrogen) atoms. The van der Waals surface area contributed by atoms with E-state index in [1.807, 2.05) is 37.7 Å². The molecule has 1 aliphatic carbocycles. The van der Waals surface area contributed by atoms with Crippen molar-refractivity contribution < 1.29 is 9.59 Å². The van der Waals surface area contributed by atoms with Gasteiger partial charge in [-0.3, -0.25) is 4.79 Å². The first-order valence-electron chi connectivity index (χ1n) is 11.4. The Balaban J connectivity index is 1.42. The van der Waals surface area contributed by atoms with E-state index in [-0.39, 0.29) is 11.9 Å². The van der Waals surface area contributed by atoms with Crippen molar-refractivity contribution in [3.8, 4) is 0 Å². The molecule has 1 aliphatic rings. The van der Waals surface area contributed by atoms with Gasteiger partial charge in [0, 0.05) is 41.6 Å². The summed E-state index contributed by atoms with van der Waals surface area (Å²) in [7, 11) is 3.98. The quantitative estimate of drug-likeness (QED) is 0.440. The van der Waals surface area contributed by atoms with Crippen LogP contribution in [0.25, 0.3) is 0 Å². The van der Waals surface area contributed by atoms with Crippen molar-refractivity contribution >= 4 is 40.3 Å². The van der Waals surface area contributed by atoms with Crippen molar-refractivity contribution in [2.45, 2.75) is 25.8 Å². The van der Waals surface area contributed by atoms with Crippen molar-refractivity contribution in [1.29, 1.82) is 0 Å². The van der Waals surface area contributed by atoms with Crippen LogP contribution in [0.2, 0.25) is 0 Å². The molecule has 0 spiro atoms. The normalized spacial score (nSPS) is 12.4. The van der Waals surface area contributed by atoms with Gasteiger partial charge in [0.1, 0.15) is 0 Å². The average Bonchev–Trinajstić information content (AvgIpc) is 3.45. The molecule has 0 unspecified atom stereocenters. The highest BCUT2D eigenvalue weighted by molar-refractivity contribution is 7.09. The zero-order chi connectivity index (χ0) is 24.1. The van der Waals surface area contributed by atoms with Crippen LogP contribution < -0.4 is 16.4 Å². The standard InChI is InChI=1S/C26H31N5O2S/c1-30(2)12-13-31(26(33)28-22-11-10-19-4-3-5-21(19)14-22)15-18-6-8-20(9-7-18)25(32)29-24-17-34-16-23(24)27/h6-11,14,16-17H,3-5,12-13,15,27H2,1-2H3,(H,28,33)(H,29,32). The van der Waals surface area contributed by atoms with E-state index in [9.17, 15) is 9.59 Å². The largest absolute Gasteiger partial charge is 0.396 e. The van der Waals surface area contributed by atoms with E-state index in [1.165, 1.54) is 28.9 Å². The van der Waals surface area contributed by atoms with Crippen LogP contribution in [-0.4, -0.2) is 48.9 Å². The number of carbonyl (C=O) groups is 2. The van der Waals surface area contributed by atoms with E-state index in [1.54, 1.807) is 22.4 Å². The minimum absolute atomic E-state index is 0.130. The second-order valence-electron chi connectivity index (χ2n) is 8.88. The molecular weight excluding hydrogens is 446 g/mol. The molecule has 3 aromatic rings. The van der Waals surface area contributed by atoms with Gasteiger partial charge in [-0.05, 0) is 74.3 Å². The highest BCUT2D eigenvalue weighted by Gasteiger charge is 2.17. The molecule has 0 radical (unpaired) electrons. The third-order valence-corrected chi connectivity index (χ3v) is 6.75. The molecule has 0 fully saturated rings. The Kier molecular flexibility index (Phi) is 7.49. The van der Waals surface area contributed by atoms with Crippen LogP contribution in [0.3, 0.4) is 0 Å². The Morgan fingerprint density at radius 3 is 2.44 bits per heavy atom. The van der Waals surface area contributed by atoms with Crippen LogP contribution in [0.5, 0.6) is 0 Å². The van der Waals surface area contributed by atoms with Gasteiger partial charge in [0.15, 0.2) is 0 Å². The van der Waals surface area contributed by atoms with Gasteiger partial charge >= 0.3 is 6.03 Å². The maximum Gasteiger partial charge on any atom is 0.322 e. The zero-order valence-electron chi connectivity index (χ0n) is 19.6. The number of likely N-dealkylation sites (N-methyl/N-ethyl adjacent to an activating group) is 1. The maximum atomic E-state index is 13.1. The van der Waals surface area contributed by atoms with E-state index < -0.39 is 0 Å². The van der Waals surface area contributed by atoms with Gasteiger partial charge in [-0.15, -0.1) is 11.3 Å². The topological polar surface area (TPSA) is 90.7 Å². The molecule has 0 atom stereocenters. The van der Waals surface area contributed by atoms with Gasteiger partial charge in [-0.25, -0.2) is 4.79 Å². The molecule has 4 rings (SSSR count). The fourth-order valence-corrected chi connectivity index (χ4v) is 4.68. The number of benzene rings is 2. The van der Waals surface area contributed by atoms with Crippen molar-refractivity contribution in [3.05, 3.63) is 75.5 Å². The lowest BCUT2D eigenvalue weighted by Gasteiger charge is -2.25. The summed E-state index contributed by atoms with van der Waals surface area (Å²) in [5.41, 5.74) is 12.1. The molecule has 0 saturated heterocycles. The number of anilines is 3. The minimum atomic E-state index is -0.213. The van der Waals surface area contributed by atoms with Crippen LogP contribution in [-0.2, 0) is 19.4 Å². The predicted octanol–water partition coefficient (Wildman–Crippen LogP) is 4.67. The molecule has 1 aromatic heterocycles. The Hall–Kier alpha value is -3.36. The van der Waals surface area contributed by atoms with Gasteiger partial charge in [0.05, 0.1) is 11.4 Å². The maximum absolute atomic E-state index is 13.1. The van der Waals surface area contributed by atoms with E-state index in [2.05, 4.69) is 27.7 Å². The molecule has 7 nitrogen and oxygen atoms in total. The lowest BCUT2D eigenvalue weighted by atomic mass is 10.1. The van der Waals surface area contributed by atoms with Crippen LogP contribution in [0.15, 0.2) is 53.2 Å². The van der Waals surface area contributed by atoms with Crippen molar-refractivity contribution in [3.63, 3.8) is 0 Å². The summed E-state index contributed by atoms with van der Waals surface area (Å²) in [6, 6.07) is 13.4. The molecule has 2 aromatic carbocycles. The Morgan fingerprint density at radius 2 is 1.74 bits per heavy atom. The molecule has 4 N–H and O–H groups in total. The number of nitrogen functional groups attached to an aromatic ring is 1. The van der Waals surface area contributed by atoms with E-state index in [4.69, 9.17) is 5.73 Å². The fourth-order valence-electron chi connectivity index (χ4n) is 4.01. The summed E-state index contributed by atoms with van der Waals surface area (Å²) in [6.45, 7) is 1.79. The zero-order valence-corrected chi connectivity index (χ0v) is 20.5. The van der Waals surface area contributed by atoms with E-state index in [0.717, 1.165) is 30.6 Å². The monoisotopic (exact) mass is 477 g/mol. The number of thiophene rings is 1. The Labute approximate surface area is 204 Å². The lowest BCUT2D eigenvalue weighted by molar-refractivity contribution is 0.102. The average molecular weight is 478 g/mol. The second kappa shape index (κ2) is 10.7. The third kappa shape index (κ3) is 5.95. The number of hydrogen-bond donors (Lipinski definition) is 3. The Morgan fingerprint density at radius 1 is 0.971 bits per heavy atom. The van der Waals surface area contributed by atoms with E-state index >= 15 is 0 Å². The number of nitrogens with zero attached hydrogens (tertiary/aromatic N) is 2. The highest BCUT2D eigenvalue weighted by atomic mass is 32.1. The first-order chi connectivity index (χ1) is 16.4. The second-order valence-corrected chi connectivity index (χ2v) is 9.63. The molecule has 8 heteroatoms. The number of amides is 3. The molecule has 0 bridgehead atoms. The molecular formula is C26H31N5O2S. The number of rotatable bonds is 8. The van der Waals surface area contributed by atoms with E-state index in [0.29, 0.717) is 30.0 Å². The number of fused-ring (bicyclic) bond motifs is 1. The van der Waals surface area contributed by atoms with Crippen LogP contribution in [0.1, 0.15) is 33.5 Å². The van der Waals surface area contributed by atoms with Crippen LogP contribution in [0.4, 0.5) is 21.9 Å². The van der Waals surface area contributed by atoms with Crippen molar-refractivity contribution in [1.82, 2.24) is 9.80 Å². The van der Waals surface area contributed by atoms with Gasteiger partial charge < -0.3 is 26.2 Å². The number of nitrogens with two attached hydrogens (primary N) is 1. The summed E-state index contributed by atoms with van der Waals surface area (Å²) >= 11 is 1.44. The summed E-state index contributed by atoms with van der Waals surface area (Å²) in [4.78, 5) is 29.5. The number of urea groups is 1. The summed E-state index contributed by atoms with van der Waals surface area (Å²) < 4.78 is 0. The number of hydrogen-bond acceptors (Lipinski definition) is 5. The molecule has 3 amide bonds. The van der Waals surface area contributed by atoms with Gasteiger partial charge in [0.2, 0.25) is 0 Å². The van der Waals surface area contributed by atoms with Crippen molar-refractivity contribution in [2.24, 2.45) is 0 Å². The van der Waals surface area contributed by atoms with Gasteiger partial charge in [-0.1, -0.05) is 18.2 Å². The number of aryl methyl sites for hydroxylation is 2. The first-order valence-corrected chi connectivity index (χ1v) is 12.4. The summed E-state index contributed by atoms with van der Waals surface area (Å²) in [5.74, 6) is -0.213. The molecule has 0 aliphatic heterocycles. The van der Waals surface area contributed by atoms with Crippen LogP contribution in [0, 0.1) is 0 Å². The Bertz CT molecular complexity index is 1160. The molecule has 0 saturated carbocycles. The number of carbonyl (C=O) groups excluding carboxylic acids is 2. The lowest BCUT2D eigenvalue weighted by Crippen LogP contribution is -2.39. The first kappa shape index (κ1) is 23.8. The molecule has 178 valence electrons. The summed E-state index contributed by atoms with van der Waals surface area (Å²) in [6.07, 6.45) is 3.37. The minimum Gasteiger partial charge on any atom is -0.396 e. The van der Waals surface area contributed by atoms with Gasteiger partial charge in [-0.2, -0.15) is 0 Å². The smallest absolute Gasteiger partial charge is 0.322 e. The fraction of sp³-hybridized carbons (Fsp3) is 0.308.